The molecule has 0 aromatic rings. The van der Waals surface area contributed by atoms with Gasteiger partial charge in [-0.25, -0.2) is 0 Å². The van der Waals surface area contributed by atoms with Crippen molar-refractivity contribution >= 4 is 11.9 Å². The van der Waals surface area contributed by atoms with Crippen molar-refractivity contribution in [2.75, 3.05) is 13.7 Å². The Morgan fingerprint density at radius 2 is 2.28 bits per heavy atom. The van der Waals surface area contributed by atoms with Gasteiger partial charge in [0.2, 0.25) is 5.91 Å². The third kappa shape index (κ3) is 2.13. The Morgan fingerprint density at radius 1 is 1.61 bits per heavy atom. The molecule has 0 saturated carbocycles. The van der Waals surface area contributed by atoms with Crippen molar-refractivity contribution in [2.45, 2.75) is 33.6 Å². The average Bonchev–Trinajstić information content (AvgIpc) is 2.68. The maximum Gasteiger partial charge on any atom is 0.322 e. The predicted molar refractivity (Wildman–Crippen MR) is 68.3 cm³/mol. The molecule has 18 heavy (non-hydrogen) atoms. The first-order chi connectivity index (χ1) is 8.57. The number of rotatable bonds is 3. The minimum Gasteiger partial charge on any atom is -0.468 e. The highest BCUT2D eigenvalue weighted by atomic mass is 16.5. The van der Waals surface area contributed by atoms with Crippen LogP contribution < -0.4 is 0 Å². The maximum absolute atomic E-state index is 12.5. The molecule has 0 aliphatic carbocycles. The van der Waals surface area contributed by atoms with Gasteiger partial charge in [-0.1, -0.05) is 6.08 Å². The predicted octanol–water partition coefficient (Wildman–Crippen LogP) is 1.72. The van der Waals surface area contributed by atoms with Gasteiger partial charge in [-0.05, 0) is 20.8 Å². The second kappa shape index (κ2) is 5.72. The topological polar surface area (TPSA) is 46.6 Å². The van der Waals surface area contributed by atoms with Gasteiger partial charge in [0, 0.05) is 25.1 Å². The van der Waals surface area contributed by atoms with Gasteiger partial charge in [0.15, 0.2) is 5.41 Å². The van der Waals surface area contributed by atoms with Crippen molar-refractivity contribution in [3.63, 3.8) is 0 Å². The fourth-order valence-corrected chi connectivity index (χ4v) is 2.28. The Labute approximate surface area is 108 Å². The van der Waals surface area contributed by atoms with Crippen LogP contribution in [0.1, 0.15) is 33.6 Å². The lowest BCUT2D eigenvalue weighted by molar-refractivity contribution is -0.158. The molecule has 1 fully saturated rings. The van der Waals surface area contributed by atoms with Crippen molar-refractivity contribution in [1.29, 1.82) is 0 Å². The molecule has 98 valence electrons. The molecule has 1 rings (SSSR count). The summed E-state index contributed by atoms with van der Waals surface area (Å²) < 4.78 is 4.81. The van der Waals surface area contributed by atoms with Crippen LogP contribution in [0, 0.1) is 17.3 Å². The van der Waals surface area contributed by atoms with Crippen molar-refractivity contribution in [1.82, 2.24) is 4.90 Å². The molecule has 1 aliphatic heterocycles. The minimum atomic E-state index is -1.16. The second-order valence-electron chi connectivity index (χ2n) is 4.18. The van der Waals surface area contributed by atoms with Crippen LogP contribution in [0.4, 0.5) is 0 Å². The lowest BCUT2D eigenvalue weighted by atomic mass is 9.82. The van der Waals surface area contributed by atoms with Crippen LogP contribution in [0.3, 0.4) is 0 Å². The first-order valence-electron chi connectivity index (χ1n) is 6.02. The quantitative estimate of drug-likeness (QED) is 0.434. The summed E-state index contributed by atoms with van der Waals surface area (Å²) in [5.74, 6) is 4.88. The number of carbonyl (C=O) groups is 2. The Bertz CT molecular complexity index is 442. The molecule has 1 aliphatic rings. The third-order valence-corrected chi connectivity index (χ3v) is 3.28. The van der Waals surface area contributed by atoms with Crippen molar-refractivity contribution < 1.29 is 14.3 Å². The van der Waals surface area contributed by atoms with Crippen LogP contribution in [-0.4, -0.2) is 30.4 Å². The Kier molecular flexibility index (Phi) is 4.55. The fraction of sp³-hybridized carbons (Fsp3) is 0.571. The van der Waals surface area contributed by atoms with Gasteiger partial charge in [-0.2, -0.15) is 0 Å². The van der Waals surface area contributed by atoms with E-state index in [0.717, 1.165) is 5.70 Å². The molecular formula is C14H19NO3. The van der Waals surface area contributed by atoms with E-state index in [2.05, 4.69) is 11.8 Å². The number of likely N-dealkylation sites (tertiary alicyclic amines) is 1. The van der Waals surface area contributed by atoms with E-state index >= 15 is 0 Å². The Hall–Kier alpha value is -1.76. The lowest BCUT2D eigenvalue weighted by Gasteiger charge is -2.22. The molecule has 4 nitrogen and oxygen atoms in total. The highest BCUT2D eigenvalue weighted by Crippen LogP contribution is 2.42. The van der Waals surface area contributed by atoms with Gasteiger partial charge < -0.3 is 9.64 Å². The summed E-state index contributed by atoms with van der Waals surface area (Å²) in [4.78, 5) is 26.1. The van der Waals surface area contributed by atoms with Crippen LogP contribution in [0.2, 0.25) is 0 Å². The summed E-state index contributed by atoms with van der Waals surface area (Å²) in [6.45, 7) is 6.00. The molecule has 1 heterocycles. The zero-order chi connectivity index (χ0) is 13.8. The Morgan fingerprint density at radius 3 is 2.67 bits per heavy atom. The molecule has 0 bridgehead atoms. The van der Waals surface area contributed by atoms with E-state index in [4.69, 9.17) is 4.74 Å². The summed E-state index contributed by atoms with van der Waals surface area (Å²) in [5, 5.41) is 0. The Balaban J connectivity index is 3.23. The van der Waals surface area contributed by atoms with E-state index in [9.17, 15) is 9.59 Å². The molecule has 4 heteroatoms. The van der Waals surface area contributed by atoms with Crippen LogP contribution >= 0.6 is 0 Å². The third-order valence-electron chi connectivity index (χ3n) is 3.28. The molecule has 0 radical (unpaired) electrons. The molecule has 0 aromatic heterocycles. The number of ether oxygens (including phenoxy) is 1. The molecule has 1 atom stereocenters. The van der Waals surface area contributed by atoms with E-state index in [1.54, 1.807) is 11.8 Å². The monoisotopic (exact) mass is 249 g/mol. The smallest absolute Gasteiger partial charge is 0.322 e. The second-order valence-corrected chi connectivity index (χ2v) is 4.18. The van der Waals surface area contributed by atoms with Crippen LogP contribution in [0.5, 0.6) is 0 Å². The highest BCUT2D eigenvalue weighted by molar-refractivity contribution is 6.06. The van der Waals surface area contributed by atoms with E-state index in [1.165, 1.54) is 7.11 Å². The van der Waals surface area contributed by atoms with Gasteiger partial charge in [-0.3, -0.25) is 9.59 Å². The molecule has 1 unspecified atom stereocenters. The van der Waals surface area contributed by atoms with Crippen LogP contribution in [0.25, 0.3) is 0 Å². The van der Waals surface area contributed by atoms with Gasteiger partial charge in [0.25, 0.3) is 0 Å². The van der Waals surface area contributed by atoms with Crippen molar-refractivity contribution in [3.8, 4) is 11.8 Å². The minimum absolute atomic E-state index is 0.201. The molecular weight excluding hydrogens is 230 g/mol. The largest absolute Gasteiger partial charge is 0.468 e. The maximum atomic E-state index is 12.5. The van der Waals surface area contributed by atoms with Crippen molar-refractivity contribution in [2.24, 2.45) is 5.41 Å². The van der Waals surface area contributed by atoms with Gasteiger partial charge in [0.1, 0.15) is 0 Å². The number of allylic oxidation sites excluding steroid dienone is 2. The normalized spacial score (nSPS) is 25.0. The van der Waals surface area contributed by atoms with Gasteiger partial charge in [-0.15, -0.1) is 11.8 Å². The zero-order valence-electron chi connectivity index (χ0n) is 11.4. The first kappa shape index (κ1) is 14.3. The summed E-state index contributed by atoms with van der Waals surface area (Å²) in [7, 11) is 1.31. The highest BCUT2D eigenvalue weighted by Gasteiger charge is 2.54. The zero-order valence-corrected chi connectivity index (χ0v) is 11.4. The number of nitrogens with zero attached hydrogens (tertiary/aromatic N) is 1. The van der Waals surface area contributed by atoms with E-state index < -0.39 is 11.4 Å². The van der Waals surface area contributed by atoms with Crippen LogP contribution in [0.15, 0.2) is 11.8 Å². The summed E-state index contributed by atoms with van der Waals surface area (Å²) in [5.41, 5.74) is -0.291. The molecule has 0 spiro atoms. The molecule has 1 saturated heterocycles. The molecule has 0 N–H and O–H groups in total. The summed E-state index contributed by atoms with van der Waals surface area (Å²) >= 11 is 0. The summed E-state index contributed by atoms with van der Waals surface area (Å²) in [6.07, 6.45) is 2.45. The number of methoxy groups -OCH3 is 1. The van der Waals surface area contributed by atoms with Crippen molar-refractivity contribution in [3.05, 3.63) is 11.8 Å². The number of hydrogen-bond donors (Lipinski definition) is 0. The molecule has 1 amide bonds. The van der Waals surface area contributed by atoms with E-state index in [-0.39, 0.29) is 12.3 Å². The number of amides is 1. The number of carbonyl (C=O) groups excluding carboxylic acids is 2. The fourth-order valence-electron chi connectivity index (χ4n) is 2.28. The summed E-state index contributed by atoms with van der Waals surface area (Å²) in [6, 6.07) is 0. The van der Waals surface area contributed by atoms with E-state index in [1.807, 2.05) is 19.9 Å². The number of hydrogen-bond acceptors (Lipinski definition) is 3. The van der Waals surface area contributed by atoms with Crippen LogP contribution in [-0.2, 0) is 14.3 Å². The van der Waals surface area contributed by atoms with Gasteiger partial charge in [0.05, 0.1) is 7.11 Å². The first-order valence-corrected chi connectivity index (χ1v) is 6.02. The van der Waals surface area contributed by atoms with E-state index in [0.29, 0.717) is 13.0 Å². The average molecular weight is 249 g/mol. The lowest BCUT2D eigenvalue weighted by Crippen LogP contribution is -2.41. The SMILES string of the molecule is CC#CCC1(C(=O)OC)C/C(=C\C)N(CC)C1=O. The number of esters is 1. The standard InChI is InChI=1S/C14H19NO3/c1-5-8-9-14(13(17)18-4)10-11(6-2)15(7-3)12(14)16/h6H,7,9-10H2,1-4H3/b11-6+. The molecule has 0 aromatic carbocycles. The van der Waals surface area contributed by atoms with Gasteiger partial charge >= 0.3 is 5.97 Å².